The van der Waals surface area contributed by atoms with Gasteiger partial charge < -0.3 is 19.5 Å². The number of likely N-dealkylation sites (N-methyl/N-ethyl adjacent to an activating group) is 1. The summed E-state index contributed by atoms with van der Waals surface area (Å²) in [5, 5.41) is 3.72. The van der Waals surface area contributed by atoms with Crippen LogP contribution in [0.1, 0.15) is 32.6 Å². The molecule has 122 valence electrons. The first-order valence-electron chi connectivity index (χ1n) is 8.47. The van der Waals surface area contributed by atoms with Gasteiger partial charge in [0.2, 0.25) is 0 Å². The first kappa shape index (κ1) is 16.1. The average molecular weight is 315 g/mol. The summed E-state index contributed by atoms with van der Waals surface area (Å²) in [6.45, 7) is 6.73. The SMILES string of the molecule is CCNC(C1CCOC2(CCOCC2)C1)C1CSCCO1. The van der Waals surface area contributed by atoms with E-state index < -0.39 is 0 Å². The second-order valence-electron chi connectivity index (χ2n) is 6.46. The summed E-state index contributed by atoms with van der Waals surface area (Å²) in [5.74, 6) is 2.94. The molecule has 0 aromatic carbocycles. The first-order chi connectivity index (χ1) is 10.3. The third-order valence-electron chi connectivity index (χ3n) is 5.13. The Kier molecular flexibility index (Phi) is 5.85. The molecule has 0 aromatic heterocycles. The number of hydrogen-bond acceptors (Lipinski definition) is 5. The van der Waals surface area contributed by atoms with E-state index in [0.717, 1.165) is 63.7 Å². The zero-order chi connectivity index (χ0) is 14.5. The Morgan fingerprint density at radius 1 is 1.24 bits per heavy atom. The van der Waals surface area contributed by atoms with Crippen molar-refractivity contribution in [3.63, 3.8) is 0 Å². The highest BCUT2D eigenvalue weighted by Gasteiger charge is 2.43. The molecule has 3 unspecified atom stereocenters. The average Bonchev–Trinajstić information content (AvgIpc) is 2.54. The quantitative estimate of drug-likeness (QED) is 0.860. The van der Waals surface area contributed by atoms with E-state index in [9.17, 15) is 0 Å². The molecule has 3 saturated heterocycles. The van der Waals surface area contributed by atoms with Crippen molar-refractivity contribution >= 4 is 11.8 Å². The molecule has 1 N–H and O–H groups in total. The van der Waals surface area contributed by atoms with Crippen LogP contribution in [0.2, 0.25) is 0 Å². The Morgan fingerprint density at radius 2 is 2.10 bits per heavy atom. The van der Waals surface area contributed by atoms with Crippen LogP contribution >= 0.6 is 11.8 Å². The maximum absolute atomic E-state index is 6.20. The van der Waals surface area contributed by atoms with E-state index >= 15 is 0 Å². The molecular weight excluding hydrogens is 286 g/mol. The zero-order valence-electron chi connectivity index (χ0n) is 13.1. The Balaban J connectivity index is 1.66. The number of hydrogen-bond donors (Lipinski definition) is 1. The van der Waals surface area contributed by atoms with Crippen molar-refractivity contribution in [2.24, 2.45) is 5.92 Å². The maximum Gasteiger partial charge on any atom is 0.0821 e. The van der Waals surface area contributed by atoms with Gasteiger partial charge in [0, 0.05) is 37.4 Å². The molecule has 0 radical (unpaired) electrons. The van der Waals surface area contributed by atoms with Gasteiger partial charge in [0.15, 0.2) is 0 Å². The van der Waals surface area contributed by atoms with Gasteiger partial charge in [0.25, 0.3) is 0 Å². The van der Waals surface area contributed by atoms with Crippen LogP contribution in [0, 0.1) is 5.92 Å². The molecule has 0 saturated carbocycles. The maximum atomic E-state index is 6.20. The van der Waals surface area contributed by atoms with Crippen molar-refractivity contribution in [3.05, 3.63) is 0 Å². The van der Waals surface area contributed by atoms with Gasteiger partial charge in [-0.05, 0) is 38.1 Å². The van der Waals surface area contributed by atoms with Crippen molar-refractivity contribution in [1.82, 2.24) is 5.32 Å². The van der Waals surface area contributed by atoms with Crippen LogP contribution in [0.15, 0.2) is 0 Å². The first-order valence-corrected chi connectivity index (χ1v) is 9.63. The summed E-state index contributed by atoms with van der Waals surface area (Å²) >= 11 is 2.03. The fourth-order valence-corrected chi connectivity index (χ4v) is 4.93. The smallest absolute Gasteiger partial charge is 0.0821 e. The molecular formula is C16H29NO3S. The van der Waals surface area contributed by atoms with Gasteiger partial charge in [-0.25, -0.2) is 0 Å². The van der Waals surface area contributed by atoms with E-state index in [-0.39, 0.29) is 5.60 Å². The van der Waals surface area contributed by atoms with Crippen molar-refractivity contribution in [3.8, 4) is 0 Å². The van der Waals surface area contributed by atoms with E-state index in [1.165, 1.54) is 6.42 Å². The van der Waals surface area contributed by atoms with Crippen LogP contribution in [0.5, 0.6) is 0 Å². The lowest BCUT2D eigenvalue weighted by atomic mass is 9.76. The molecule has 3 fully saturated rings. The normalized spacial score (nSPS) is 34.7. The molecule has 21 heavy (non-hydrogen) atoms. The standard InChI is InChI=1S/C16H29NO3S/c1-2-17-15(14-12-21-10-9-19-14)13-3-6-20-16(11-13)4-7-18-8-5-16/h13-15,17H,2-12H2,1H3. The number of ether oxygens (including phenoxy) is 3. The monoisotopic (exact) mass is 315 g/mol. The number of rotatable bonds is 4. The summed E-state index contributed by atoms with van der Waals surface area (Å²) in [6, 6.07) is 0.478. The van der Waals surface area contributed by atoms with Gasteiger partial charge in [-0.1, -0.05) is 6.92 Å². The molecule has 3 atom stereocenters. The molecule has 0 bridgehead atoms. The second-order valence-corrected chi connectivity index (χ2v) is 7.61. The highest BCUT2D eigenvalue weighted by atomic mass is 32.2. The van der Waals surface area contributed by atoms with Gasteiger partial charge in [-0.3, -0.25) is 0 Å². The van der Waals surface area contributed by atoms with Crippen LogP contribution in [-0.2, 0) is 14.2 Å². The van der Waals surface area contributed by atoms with Crippen LogP contribution in [-0.4, -0.2) is 62.2 Å². The Bertz CT molecular complexity index is 311. The summed E-state index contributed by atoms with van der Waals surface area (Å²) in [5.41, 5.74) is 0.0800. The van der Waals surface area contributed by atoms with Gasteiger partial charge >= 0.3 is 0 Å². The molecule has 3 aliphatic heterocycles. The topological polar surface area (TPSA) is 39.7 Å². The molecule has 3 aliphatic rings. The fraction of sp³-hybridized carbons (Fsp3) is 1.00. The third-order valence-corrected chi connectivity index (χ3v) is 6.14. The Labute approximate surface area is 132 Å². The molecule has 1 spiro atoms. The van der Waals surface area contributed by atoms with Gasteiger partial charge in [-0.15, -0.1) is 0 Å². The summed E-state index contributed by atoms with van der Waals surface area (Å²) < 4.78 is 17.8. The minimum atomic E-state index is 0.0800. The van der Waals surface area contributed by atoms with E-state index in [1.807, 2.05) is 11.8 Å². The molecule has 3 rings (SSSR count). The molecule has 0 aromatic rings. The van der Waals surface area contributed by atoms with Crippen molar-refractivity contribution in [2.75, 3.05) is 44.5 Å². The number of thioether (sulfide) groups is 1. The Hall–Kier alpha value is 0.190. The molecule has 3 heterocycles. The zero-order valence-corrected chi connectivity index (χ0v) is 14.0. The second kappa shape index (κ2) is 7.64. The highest BCUT2D eigenvalue weighted by molar-refractivity contribution is 7.99. The third kappa shape index (κ3) is 3.94. The summed E-state index contributed by atoms with van der Waals surface area (Å²) in [4.78, 5) is 0. The van der Waals surface area contributed by atoms with Crippen LogP contribution in [0.4, 0.5) is 0 Å². The molecule has 4 nitrogen and oxygen atoms in total. The molecule has 0 aliphatic carbocycles. The highest BCUT2D eigenvalue weighted by Crippen LogP contribution is 2.39. The molecule has 0 amide bonds. The minimum Gasteiger partial charge on any atom is -0.381 e. The largest absolute Gasteiger partial charge is 0.381 e. The lowest BCUT2D eigenvalue weighted by molar-refractivity contribution is -0.154. The van der Waals surface area contributed by atoms with E-state index in [1.54, 1.807) is 0 Å². The summed E-state index contributed by atoms with van der Waals surface area (Å²) in [7, 11) is 0. The van der Waals surface area contributed by atoms with Crippen LogP contribution in [0.25, 0.3) is 0 Å². The van der Waals surface area contributed by atoms with Crippen LogP contribution < -0.4 is 5.32 Å². The van der Waals surface area contributed by atoms with E-state index in [0.29, 0.717) is 18.1 Å². The lowest BCUT2D eigenvalue weighted by Gasteiger charge is -2.47. The molecule has 5 heteroatoms. The predicted octanol–water partition coefficient (Wildman–Crippen LogP) is 2.07. The van der Waals surface area contributed by atoms with Crippen molar-refractivity contribution < 1.29 is 14.2 Å². The van der Waals surface area contributed by atoms with Crippen molar-refractivity contribution in [1.29, 1.82) is 0 Å². The van der Waals surface area contributed by atoms with Gasteiger partial charge in [-0.2, -0.15) is 11.8 Å². The Morgan fingerprint density at radius 3 is 2.81 bits per heavy atom. The fourth-order valence-electron chi connectivity index (χ4n) is 4.01. The predicted molar refractivity (Wildman–Crippen MR) is 86.0 cm³/mol. The van der Waals surface area contributed by atoms with E-state index in [4.69, 9.17) is 14.2 Å². The minimum absolute atomic E-state index is 0.0800. The van der Waals surface area contributed by atoms with Gasteiger partial charge in [0.05, 0.1) is 18.3 Å². The lowest BCUT2D eigenvalue weighted by Crippen LogP contribution is -2.54. The van der Waals surface area contributed by atoms with E-state index in [2.05, 4.69) is 12.2 Å². The number of nitrogens with one attached hydrogen (secondary N) is 1. The van der Waals surface area contributed by atoms with Crippen LogP contribution in [0.3, 0.4) is 0 Å². The van der Waals surface area contributed by atoms with Crippen molar-refractivity contribution in [2.45, 2.75) is 50.4 Å². The summed E-state index contributed by atoms with van der Waals surface area (Å²) in [6.07, 6.45) is 4.80. The van der Waals surface area contributed by atoms with Gasteiger partial charge in [0.1, 0.15) is 0 Å².